The molecule has 3 amide bonds. The SMILES string of the molecule is CC(=O)OC(C)OC(=O)NC[C@@H](COC(=O)Nc1cc2ccccc2cn1)N(C)C(=O)CCc1cccc(F)c1Cl. The van der Waals surface area contributed by atoms with Crippen molar-refractivity contribution in [3.8, 4) is 0 Å². The molecule has 0 spiro atoms. The van der Waals surface area contributed by atoms with Gasteiger partial charge in [0.15, 0.2) is 0 Å². The number of aryl methyl sites for hydroxylation is 1. The van der Waals surface area contributed by atoms with Crippen molar-refractivity contribution < 1.29 is 37.8 Å². The highest BCUT2D eigenvalue weighted by molar-refractivity contribution is 6.31. The summed E-state index contributed by atoms with van der Waals surface area (Å²) >= 11 is 6.00. The maximum atomic E-state index is 13.8. The van der Waals surface area contributed by atoms with Crippen LogP contribution >= 0.6 is 11.6 Å². The van der Waals surface area contributed by atoms with Gasteiger partial charge in [0.2, 0.25) is 12.2 Å². The van der Waals surface area contributed by atoms with Gasteiger partial charge in [0.1, 0.15) is 18.2 Å². The predicted molar refractivity (Wildman–Crippen MR) is 149 cm³/mol. The third kappa shape index (κ3) is 9.60. The number of carbonyl (C=O) groups excluding carboxylic acids is 4. The summed E-state index contributed by atoms with van der Waals surface area (Å²) < 4.78 is 28.8. The van der Waals surface area contributed by atoms with Gasteiger partial charge in [0, 0.05) is 45.4 Å². The van der Waals surface area contributed by atoms with Crippen LogP contribution in [-0.2, 0) is 30.2 Å². The second kappa shape index (κ2) is 14.8. The highest BCUT2D eigenvalue weighted by Crippen LogP contribution is 2.21. The summed E-state index contributed by atoms with van der Waals surface area (Å²) in [5, 5.41) is 6.70. The number of rotatable bonds is 11. The summed E-state index contributed by atoms with van der Waals surface area (Å²) in [4.78, 5) is 54.2. The van der Waals surface area contributed by atoms with Gasteiger partial charge in [-0.2, -0.15) is 0 Å². The van der Waals surface area contributed by atoms with E-state index < -0.39 is 36.3 Å². The van der Waals surface area contributed by atoms with Crippen LogP contribution in [-0.4, -0.2) is 66.5 Å². The third-order valence-electron chi connectivity index (χ3n) is 5.94. The number of fused-ring (bicyclic) bond motifs is 1. The van der Waals surface area contributed by atoms with Gasteiger partial charge in [0.05, 0.1) is 11.1 Å². The van der Waals surface area contributed by atoms with E-state index in [9.17, 15) is 23.6 Å². The number of benzene rings is 2. The predicted octanol–water partition coefficient (Wildman–Crippen LogP) is 4.67. The first-order valence-electron chi connectivity index (χ1n) is 12.6. The molecule has 1 heterocycles. The van der Waals surface area contributed by atoms with E-state index in [1.807, 2.05) is 24.3 Å². The molecule has 0 aliphatic heterocycles. The van der Waals surface area contributed by atoms with E-state index >= 15 is 0 Å². The zero-order valence-corrected chi connectivity index (χ0v) is 23.4. The molecule has 2 N–H and O–H groups in total. The Morgan fingerprint density at radius 1 is 1.05 bits per heavy atom. The van der Waals surface area contributed by atoms with Gasteiger partial charge in [-0.25, -0.2) is 19.0 Å². The van der Waals surface area contributed by atoms with Crippen molar-refractivity contribution in [1.29, 1.82) is 0 Å². The number of amides is 3. The first kappa shape index (κ1) is 31.1. The lowest BCUT2D eigenvalue weighted by Gasteiger charge is -2.28. The number of esters is 1. The smallest absolute Gasteiger partial charge is 0.412 e. The van der Waals surface area contributed by atoms with E-state index in [2.05, 4.69) is 15.6 Å². The second-order valence-corrected chi connectivity index (χ2v) is 9.35. The molecule has 41 heavy (non-hydrogen) atoms. The quantitative estimate of drug-likeness (QED) is 0.244. The summed E-state index contributed by atoms with van der Waals surface area (Å²) in [5.41, 5.74) is 0.463. The molecule has 0 radical (unpaired) electrons. The average Bonchev–Trinajstić information content (AvgIpc) is 2.92. The lowest BCUT2D eigenvalue weighted by atomic mass is 10.1. The number of alkyl carbamates (subject to hydrolysis) is 1. The summed E-state index contributed by atoms with van der Waals surface area (Å²) in [6.45, 7) is 2.05. The first-order valence-corrected chi connectivity index (χ1v) is 13.0. The largest absolute Gasteiger partial charge is 0.447 e. The monoisotopic (exact) mass is 588 g/mol. The minimum Gasteiger partial charge on any atom is -0.447 e. The highest BCUT2D eigenvalue weighted by Gasteiger charge is 2.24. The van der Waals surface area contributed by atoms with Crippen molar-refractivity contribution in [1.82, 2.24) is 15.2 Å². The molecule has 218 valence electrons. The maximum Gasteiger partial charge on any atom is 0.412 e. The Balaban J connectivity index is 1.62. The van der Waals surface area contributed by atoms with Crippen molar-refractivity contribution in [3.63, 3.8) is 0 Å². The highest BCUT2D eigenvalue weighted by atomic mass is 35.5. The molecule has 0 aliphatic rings. The Hall–Kier alpha value is -4.45. The van der Waals surface area contributed by atoms with E-state index in [1.165, 1.54) is 37.9 Å². The van der Waals surface area contributed by atoms with Gasteiger partial charge >= 0.3 is 18.2 Å². The van der Waals surface area contributed by atoms with Gasteiger partial charge in [-0.1, -0.05) is 48.0 Å². The molecule has 0 aliphatic carbocycles. The number of ether oxygens (including phenoxy) is 3. The van der Waals surface area contributed by atoms with E-state index in [4.69, 9.17) is 25.8 Å². The Kier molecular flexibility index (Phi) is 11.2. The van der Waals surface area contributed by atoms with Crippen LogP contribution in [0.3, 0.4) is 0 Å². The molecule has 0 bridgehead atoms. The number of halogens is 2. The average molecular weight is 589 g/mol. The fourth-order valence-electron chi connectivity index (χ4n) is 3.79. The maximum absolute atomic E-state index is 13.8. The van der Waals surface area contributed by atoms with Crippen LogP contribution in [0.1, 0.15) is 25.8 Å². The number of likely N-dealkylation sites (N-methyl/N-ethyl adjacent to an activating group) is 1. The zero-order valence-electron chi connectivity index (χ0n) is 22.7. The van der Waals surface area contributed by atoms with Crippen molar-refractivity contribution in [2.24, 2.45) is 0 Å². The van der Waals surface area contributed by atoms with Crippen LogP contribution in [0.4, 0.5) is 19.8 Å². The molecule has 2 atom stereocenters. The molecule has 0 saturated heterocycles. The molecule has 13 heteroatoms. The first-order chi connectivity index (χ1) is 19.5. The molecule has 1 aromatic heterocycles. The van der Waals surface area contributed by atoms with Crippen LogP contribution in [0.2, 0.25) is 5.02 Å². The van der Waals surface area contributed by atoms with Crippen LogP contribution in [0.15, 0.2) is 54.7 Å². The summed E-state index contributed by atoms with van der Waals surface area (Å²) in [6, 6.07) is 12.7. The van der Waals surface area contributed by atoms with E-state index in [0.29, 0.717) is 5.56 Å². The topological polar surface area (TPSA) is 136 Å². The van der Waals surface area contributed by atoms with E-state index in [1.54, 1.807) is 18.3 Å². The molecular formula is C28H30ClFN4O7. The van der Waals surface area contributed by atoms with Crippen molar-refractivity contribution in [2.45, 2.75) is 39.0 Å². The van der Waals surface area contributed by atoms with Crippen LogP contribution in [0.5, 0.6) is 0 Å². The second-order valence-electron chi connectivity index (χ2n) is 8.97. The minimum absolute atomic E-state index is 0.0304. The fourth-order valence-corrected chi connectivity index (χ4v) is 4.01. The Bertz CT molecular complexity index is 1410. The van der Waals surface area contributed by atoms with Gasteiger partial charge in [-0.15, -0.1) is 0 Å². The molecule has 3 aromatic rings. The zero-order chi connectivity index (χ0) is 29.9. The Morgan fingerprint density at radius 3 is 2.51 bits per heavy atom. The molecule has 11 nitrogen and oxygen atoms in total. The lowest BCUT2D eigenvalue weighted by Crippen LogP contribution is -2.48. The number of hydrogen-bond acceptors (Lipinski definition) is 8. The fraction of sp³-hybridized carbons (Fsp3) is 0.321. The molecule has 0 fully saturated rings. The summed E-state index contributed by atoms with van der Waals surface area (Å²) in [6.07, 6.45) is -1.14. The van der Waals surface area contributed by atoms with Gasteiger partial charge < -0.3 is 24.4 Å². The minimum atomic E-state index is -1.14. The number of nitrogens with zero attached hydrogens (tertiary/aromatic N) is 2. The summed E-state index contributed by atoms with van der Waals surface area (Å²) in [7, 11) is 1.47. The molecule has 3 rings (SSSR count). The number of hydrogen-bond donors (Lipinski definition) is 2. The van der Waals surface area contributed by atoms with Gasteiger partial charge in [-0.3, -0.25) is 14.9 Å². The summed E-state index contributed by atoms with van der Waals surface area (Å²) in [5.74, 6) is -1.33. The van der Waals surface area contributed by atoms with Crippen LogP contribution < -0.4 is 10.6 Å². The molecular weight excluding hydrogens is 559 g/mol. The van der Waals surface area contributed by atoms with E-state index in [0.717, 1.165) is 10.8 Å². The normalized spacial score (nSPS) is 12.1. The molecule has 0 saturated carbocycles. The standard InChI is InChI=1S/C28H30ClFN4O7/c1-17(35)40-18(2)41-27(37)32-15-22(34(3)25(36)12-11-19-9-6-10-23(30)26(19)29)16-39-28(38)33-24-13-20-7-4-5-8-21(20)14-31-24/h4-10,13-14,18,22H,11-12,15-16H2,1-3H3,(H,32,37)(H,31,33,38)/t18?,22-/m0/s1. The van der Waals surface area contributed by atoms with Crippen molar-refractivity contribution in [3.05, 3.63) is 71.1 Å². The third-order valence-corrected chi connectivity index (χ3v) is 6.36. The van der Waals surface area contributed by atoms with Crippen LogP contribution in [0.25, 0.3) is 10.8 Å². The van der Waals surface area contributed by atoms with Crippen LogP contribution in [0, 0.1) is 5.82 Å². The number of carbonyl (C=O) groups is 4. The number of aromatic nitrogens is 1. The number of pyridine rings is 1. The molecule has 1 unspecified atom stereocenters. The lowest BCUT2D eigenvalue weighted by molar-refractivity contribution is -0.162. The number of nitrogens with one attached hydrogen (secondary N) is 2. The van der Waals surface area contributed by atoms with Gasteiger partial charge in [0.25, 0.3) is 0 Å². The van der Waals surface area contributed by atoms with Crippen molar-refractivity contribution in [2.75, 3.05) is 25.5 Å². The van der Waals surface area contributed by atoms with E-state index in [-0.39, 0.29) is 42.7 Å². The molecule has 2 aromatic carbocycles. The Labute approximate surface area is 240 Å². The van der Waals surface area contributed by atoms with Crippen molar-refractivity contribution >= 4 is 52.3 Å². The Morgan fingerprint density at radius 2 is 1.78 bits per heavy atom. The van der Waals surface area contributed by atoms with Gasteiger partial charge in [-0.05, 0) is 29.5 Å². The number of anilines is 1.